The molecule has 1 N–H and O–H groups in total. The van der Waals surface area contributed by atoms with Crippen LogP contribution in [0.15, 0.2) is 18.2 Å². The lowest BCUT2D eigenvalue weighted by molar-refractivity contribution is 0.0787. The standard InChI is InChI=1S/C24H30BCl2N3O3Si/c1-25(31)30-11-10-29-14-17-19(9-12-34(3,4)5)28-23(21-18(26)7-6-8-20(21)32-2)22(27)24(17)33-15-16(29)13-30/h6-8,16,31H,10-11,13-15H2,1-5H3/t16-/m1/s1. The summed E-state index contributed by atoms with van der Waals surface area (Å²) in [5.74, 6) is 4.55. The molecule has 1 aromatic heterocycles. The lowest BCUT2D eigenvalue weighted by Crippen LogP contribution is -2.57. The summed E-state index contributed by atoms with van der Waals surface area (Å²) in [5, 5.41) is 11.0. The van der Waals surface area contributed by atoms with Gasteiger partial charge in [0.2, 0.25) is 0 Å². The second-order valence-corrected chi connectivity index (χ2v) is 15.3. The Labute approximate surface area is 213 Å². The van der Waals surface area contributed by atoms with Crippen LogP contribution in [0.1, 0.15) is 11.3 Å². The predicted molar refractivity (Wildman–Crippen MR) is 142 cm³/mol. The Morgan fingerprint density at radius 3 is 2.71 bits per heavy atom. The van der Waals surface area contributed by atoms with Crippen LogP contribution in [-0.4, -0.2) is 74.2 Å². The minimum absolute atomic E-state index is 0.128. The predicted octanol–water partition coefficient (Wildman–Crippen LogP) is 4.28. The first-order valence-electron chi connectivity index (χ1n) is 11.5. The number of ether oxygens (including phenoxy) is 2. The molecule has 0 aliphatic carbocycles. The maximum Gasteiger partial charge on any atom is 0.376 e. The van der Waals surface area contributed by atoms with E-state index in [9.17, 15) is 5.02 Å². The highest BCUT2D eigenvalue weighted by Crippen LogP contribution is 2.45. The van der Waals surface area contributed by atoms with Crippen molar-refractivity contribution in [3.8, 4) is 34.2 Å². The van der Waals surface area contributed by atoms with Crippen molar-refractivity contribution in [3.63, 3.8) is 0 Å². The number of piperazine rings is 1. The van der Waals surface area contributed by atoms with Crippen molar-refractivity contribution < 1.29 is 14.5 Å². The Bertz CT molecular complexity index is 1150. The molecule has 10 heteroatoms. The van der Waals surface area contributed by atoms with E-state index < -0.39 is 15.1 Å². The van der Waals surface area contributed by atoms with Crippen molar-refractivity contribution in [3.05, 3.63) is 39.5 Å². The van der Waals surface area contributed by atoms with E-state index >= 15 is 0 Å². The Kier molecular flexibility index (Phi) is 7.53. The van der Waals surface area contributed by atoms with Crippen LogP contribution in [0.5, 0.6) is 11.5 Å². The fourth-order valence-electron chi connectivity index (χ4n) is 4.30. The smallest absolute Gasteiger partial charge is 0.376 e. The molecule has 0 bridgehead atoms. The van der Waals surface area contributed by atoms with Crippen molar-refractivity contribution in [2.45, 2.75) is 39.1 Å². The second-order valence-electron chi connectivity index (χ2n) is 9.81. The first kappa shape index (κ1) is 25.4. The summed E-state index contributed by atoms with van der Waals surface area (Å²) in [4.78, 5) is 9.38. The molecule has 2 aliphatic rings. The average molecular weight is 518 g/mol. The van der Waals surface area contributed by atoms with Crippen LogP contribution in [0.2, 0.25) is 36.5 Å². The molecule has 6 nitrogen and oxygen atoms in total. The third kappa shape index (κ3) is 5.25. The van der Waals surface area contributed by atoms with Gasteiger partial charge >= 0.3 is 7.05 Å². The number of pyridine rings is 1. The van der Waals surface area contributed by atoms with Gasteiger partial charge < -0.3 is 19.3 Å². The monoisotopic (exact) mass is 517 g/mol. The molecular weight excluding hydrogens is 488 g/mol. The molecular formula is C24H30BCl2N3O3Si. The quantitative estimate of drug-likeness (QED) is 0.484. The van der Waals surface area contributed by atoms with Crippen LogP contribution in [0.3, 0.4) is 0 Å². The number of halogens is 2. The maximum absolute atomic E-state index is 10.1. The number of nitrogens with zero attached hydrogens (tertiary/aromatic N) is 3. The van der Waals surface area contributed by atoms with E-state index in [-0.39, 0.29) is 6.04 Å². The highest BCUT2D eigenvalue weighted by molar-refractivity contribution is 6.83. The zero-order valence-corrected chi connectivity index (χ0v) is 22.8. The summed E-state index contributed by atoms with van der Waals surface area (Å²) < 4.78 is 11.9. The molecule has 1 aromatic carbocycles. The molecule has 2 aliphatic heterocycles. The van der Waals surface area contributed by atoms with Crippen LogP contribution < -0.4 is 9.47 Å². The highest BCUT2D eigenvalue weighted by Gasteiger charge is 2.35. The summed E-state index contributed by atoms with van der Waals surface area (Å²) in [6.45, 7) is 11.8. The Morgan fingerprint density at radius 2 is 2.03 bits per heavy atom. The zero-order valence-electron chi connectivity index (χ0n) is 20.3. The maximum atomic E-state index is 10.1. The first-order chi connectivity index (χ1) is 16.1. The van der Waals surface area contributed by atoms with Gasteiger partial charge in [-0.15, -0.1) is 5.54 Å². The number of aromatic nitrogens is 1. The fourth-order valence-corrected chi connectivity index (χ4v) is 5.35. The highest BCUT2D eigenvalue weighted by atomic mass is 35.5. The van der Waals surface area contributed by atoms with E-state index in [1.165, 1.54) is 0 Å². The SMILES string of the molecule is COc1cccc(Cl)c1-c1nc(C#C[Si](C)(C)C)c2c(c1Cl)OC[C@H]1CN(B(C)O)CCN1C2. The van der Waals surface area contributed by atoms with E-state index in [0.29, 0.717) is 51.6 Å². The molecule has 180 valence electrons. The molecule has 34 heavy (non-hydrogen) atoms. The number of rotatable bonds is 3. The number of hydrogen-bond acceptors (Lipinski definition) is 6. The lowest BCUT2D eigenvalue weighted by Gasteiger charge is -2.40. The first-order valence-corrected chi connectivity index (χ1v) is 15.7. The molecule has 1 atom stereocenters. The molecule has 0 spiro atoms. The average Bonchev–Trinajstić information content (AvgIpc) is 2.98. The molecule has 3 heterocycles. The van der Waals surface area contributed by atoms with E-state index in [1.807, 2.05) is 12.1 Å². The largest absolute Gasteiger partial charge is 0.496 e. The van der Waals surface area contributed by atoms with Gasteiger partial charge in [0, 0.05) is 31.7 Å². The van der Waals surface area contributed by atoms with Gasteiger partial charge in [0.15, 0.2) is 0 Å². The van der Waals surface area contributed by atoms with Crippen molar-refractivity contribution in [2.75, 3.05) is 33.4 Å². The topological polar surface area (TPSA) is 58.1 Å². The third-order valence-corrected chi connectivity index (χ3v) is 7.67. The van der Waals surface area contributed by atoms with Crippen molar-refractivity contribution in [1.82, 2.24) is 14.7 Å². The van der Waals surface area contributed by atoms with Crippen molar-refractivity contribution >= 4 is 38.3 Å². The second kappa shape index (κ2) is 10.1. The van der Waals surface area contributed by atoms with Crippen LogP contribution in [0.25, 0.3) is 11.3 Å². The molecule has 1 fully saturated rings. The van der Waals surface area contributed by atoms with Crippen molar-refractivity contribution in [1.29, 1.82) is 0 Å². The van der Waals surface area contributed by atoms with Gasteiger partial charge in [-0.1, -0.05) is 54.8 Å². The summed E-state index contributed by atoms with van der Waals surface area (Å²) >= 11 is 13.6. The van der Waals surface area contributed by atoms with Gasteiger partial charge in [-0.05, 0) is 19.0 Å². The van der Waals surface area contributed by atoms with E-state index in [1.54, 1.807) is 20.0 Å². The van der Waals surface area contributed by atoms with Gasteiger partial charge in [-0.2, -0.15) is 0 Å². The van der Waals surface area contributed by atoms with E-state index in [2.05, 4.69) is 40.8 Å². The molecule has 4 rings (SSSR count). The van der Waals surface area contributed by atoms with Crippen LogP contribution in [-0.2, 0) is 6.54 Å². The van der Waals surface area contributed by atoms with Crippen LogP contribution >= 0.6 is 23.2 Å². The molecule has 0 unspecified atom stereocenters. The molecule has 2 aromatic rings. The summed E-state index contributed by atoms with van der Waals surface area (Å²) in [6.07, 6.45) is 0. The molecule has 1 saturated heterocycles. The molecule has 0 amide bonds. The molecule has 0 radical (unpaired) electrons. The van der Waals surface area contributed by atoms with E-state index in [0.717, 1.165) is 25.2 Å². The van der Waals surface area contributed by atoms with Crippen LogP contribution in [0.4, 0.5) is 0 Å². The normalized spacial score (nSPS) is 18.6. The van der Waals surface area contributed by atoms with E-state index in [4.69, 9.17) is 37.7 Å². The summed E-state index contributed by atoms with van der Waals surface area (Å²) in [5.41, 5.74) is 6.15. The van der Waals surface area contributed by atoms with Crippen LogP contribution in [0, 0.1) is 11.5 Å². The number of fused-ring (bicyclic) bond motifs is 2. The molecule has 0 saturated carbocycles. The number of hydrogen-bond donors (Lipinski definition) is 1. The zero-order chi connectivity index (χ0) is 24.6. The number of methoxy groups -OCH3 is 1. The summed E-state index contributed by atoms with van der Waals surface area (Å²) in [6, 6.07) is 5.59. The van der Waals surface area contributed by atoms with Gasteiger partial charge in [-0.25, -0.2) is 4.98 Å². The van der Waals surface area contributed by atoms with Gasteiger partial charge in [0.05, 0.1) is 29.4 Å². The third-order valence-electron chi connectivity index (χ3n) is 6.12. The van der Waals surface area contributed by atoms with Gasteiger partial charge in [0.25, 0.3) is 0 Å². The fraction of sp³-hybridized carbons (Fsp3) is 0.458. The summed E-state index contributed by atoms with van der Waals surface area (Å²) in [7, 11) is -0.559. The number of benzene rings is 1. The minimum atomic E-state index is -1.67. The van der Waals surface area contributed by atoms with Gasteiger partial charge in [0.1, 0.15) is 36.9 Å². The minimum Gasteiger partial charge on any atom is -0.496 e. The Balaban J connectivity index is 1.86. The van der Waals surface area contributed by atoms with Crippen molar-refractivity contribution in [2.24, 2.45) is 0 Å². The lowest BCUT2D eigenvalue weighted by atomic mass is 9.83. The Morgan fingerprint density at radius 1 is 1.26 bits per heavy atom. The Hall–Kier alpha value is -1.73. The van der Waals surface area contributed by atoms with Gasteiger partial charge in [-0.3, -0.25) is 4.90 Å².